The number of aromatic nitrogens is 2. The van der Waals surface area contributed by atoms with Crippen molar-refractivity contribution in [1.29, 1.82) is 0 Å². The third-order valence-electron chi connectivity index (χ3n) is 3.65. The number of aryl methyl sites for hydroxylation is 1. The van der Waals surface area contributed by atoms with Gasteiger partial charge >= 0.3 is 0 Å². The van der Waals surface area contributed by atoms with E-state index >= 15 is 0 Å². The van der Waals surface area contributed by atoms with Crippen molar-refractivity contribution in [2.75, 3.05) is 6.54 Å². The van der Waals surface area contributed by atoms with Crippen LogP contribution in [0.1, 0.15) is 32.4 Å². The molecule has 0 bridgehead atoms. The first-order valence-corrected chi connectivity index (χ1v) is 6.56. The van der Waals surface area contributed by atoms with E-state index in [9.17, 15) is 9.59 Å². The Labute approximate surface area is 116 Å². The number of carbonyl (C=O) groups is 2. The predicted molar refractivity (Wildman–Crippen MR) is 73.5 cm³/mol. The molecule has 0 spiro atoms. The van der Waals surface area contributed by atoms with E-state index in [2.05, 4.69) is 4.98 Å². The number of carbonyl (C=O) groups excluding carboxylic acids is 2. The lowest BCUT2D eigenvalue weighted by Gasteiger charge is -2.29. The van der Waals surface area contributed by atoms with Gasteiger partial charge in [-0.2, -0.15) is 0 Å². The summed E-state index contributed by atoms with van der Waals surface area (Å²) in [6, 6.07) is 9.20. The second-order valence-electron chi connectivity index (χ2n) is 4.85. The second-order valence-corrected chi connectivity index (χ2v) is 4.85. The van der Waals surface area contributed by atoms with Crippen LogP contribution in [0, 0.1) is 6.92 Å². The number of hydrogen-bond donors (Lipinski definition) is 0. The molecule has 2 heterocycles. The molecule has 1 aromatic carbocycles. The van der Waals surface area contributed by atoms with Gasteiger partial charge in [0.2, 0.25) is 0 Å². The average molecular weight is 269 g/mol. The van der Waals surface area contributed by atoms with E-state index in [4.69, 9.17) is 0 Å². The molecule has 1 amide bonds. The number of imidazole rings is 1. The predicted octanol–water partition coefficient (Wildman–Crippen LogP) is 1.66. The van der Waals surface area contributed by atoms with Gasteiger partial charge in [-0.25, -0.2) is 4.98 Å². The first-order chi connectivity index (χ1) is 9.70. The van der Waals surface area contributed by atoms with Crippen LogP contribution in [0.2, 0.25) is 0 Å². The average Bonchev–Trinajstić information content (AvgIpc) is 2.83. The van der Waals surface area contributed by atoms with Crippen LogP contribution in [-0.4, -0.2) is 33.2 Å². The minimum absolute atomic E-state index is 0.00690. The summed E-state index contributed by atoms with van der Waals surface area (Å²) in [6.07, 6.45) is 0.759. The SMILES string of the molecule is Cc1nc(C=O)c2n1CCN(C(=O)c1ccccc1)C2. The van der Waals surface area contributed by atoms with Gasteiger partial charge in [-0.3, -0.25) is 9.59 Å². The third-order valence-corrected chi connectivity index (χ3v) is 3.65. The summed E-state index contributed by atoms with van der Waals surface area (Å²) in [5, 5.41) is 0. The number of amides is 1. The summed E-state index contributed by atoms with van der Waals surface area (Å²) in [6.45, 7) is 3.63. The van der Waals surface area contributed by atoms with Crippen LogP contribution in [0.4, 0.5) is 0 Å². The molecule has 5 heteroatoms. The Bertz CT molecular complexity index is 661. The zero-order chi connectivity index (χ0) is 14.1. The summed E-state index contributed by atoms with van der Waals surface area (Å²) in [4.78, 5) is 29.5. The van der Waals surface area contributed by atoms with E-state index in [1.807, 2.05) is 29.7 Å². The van der Waals surface area contributed by atoms with Gasteiger partial charge in [0.25, 0.3) is 5.91 Å². The van der Waals surface area contributed by atoms with E-state index in [1.54, 1.807) is 17.0 Å². The molecule has 0 unspecified atom stereocenters. The van der Waals surface area contributed by atoms with Crippen LogP contribution in [-0.2, 0) is 13.1 Å². The molecule has 0 aliphatic carbocycles. The maximum Gasteiger partial charge on any atom is 0.254 e. The minimum atomic E-state index is -0.00690. The van der Waals surface area contributed by atoms with Gasteiger partial charge in [0.05, 0.1) is 12.2 Å². The zero-order valence-electron chi connectivity index (χ0n) is 11.2. The van der Waals surface area contributed by atoms with Gasteiger partial charge in [0.15, 0.2) is 6.29 Å². The van der Waals surface area contributed by atoms with Crippen LogP contribution < -0.4 is 0 Å². The molecule has 0 saturated heterocycles. The fourth-order valence-electron chi connectivity index (χ4n) is 2.61. The first kappa shape index (κ1) is 12.6. The monoisotopic (exact) mass is 269 g/mol. The van der Waals surface area contributed by atoms with Crippen molar-refractivity contribution in [3.8, 4) is 0 Å². The number of rotatable bonds is 2. The molecule has 0 N–H and O–H groups in total. The van der Waals surface area contributed by atoms with Crippen LogP contribution in [0.5, 0.6) is 0 Å². The van der Waals surface area contributed by atoms with Gasteiger partial charge in [-0.1, -0.05) is 18.2 Å². The van der Waals surface area contributed by atoms with Gasteiger partial charge < -0.3 is 9.47 Å². The Kier molecular flexibility index (Phi) is 3.10. The van der Waals surface area contributed by atoms with Crippen molar-refractivity contribution in [3.05, 3.63) is 53.1 Å². The Balaban J connectivity index is 1.89. The van der Waals surface area contributed by atoms with Crippen LogP contribution in [0.15, 0.2) is 30.3 Å². The molecular weight excluding hydrogens is 254 g/mol. The zero-order valence-corrected chi connectivity index (χ0v) is 11.2. The molecule has 5 nitrogen and oxygen atoms in total. The lowest BCUT2D eigenvalue weighted by molar-refractivity contribution is 0.0708. The maximum atomic E-state index is 12.4. The number of fused-ring (bicyclic) bond motifs is 1. The second kappa shape index (κ2) is 4.92. The van der Waals surface area contributed by atoms with E-state index in [1.165, 1.54) is 0 Å². The number of aldehydes is 1. The first-order valence-electron chi connectivity index (χ1n) is 6.56. The fourth-order valence-corrected chi connectivity index (χ4v) is 2.61. The normalized spacial score (nSPS) is 13.9. The Morgan fingerprint density at radius 3 is 2.70 bits per heavy atom. The van der Waals surface area contributed by atoms with Crippen molar-refractivity contribution < 1.29 is 9.59 Å². The van der Waals surface area contributed by atoms with Crippen LogP contribution in [0.3, 0.4) is 0 Å². The number of nitrogens with zero attached hydrogens (tertiary/aromatic N) is 3. The highest BCUT2D eigenvalue weighted by Gasteiger charge is 2.25. The van der Waals surface area contributed by atoms with E-state index in [-0.39, 0.29) is 5.91 Å². The van der Waals surface area contributed by atoms with Crippen molar-refractivity contribution in [2.45, 2.75) is 20.0 Å². The van der Waals surface area contributed by atoms with Gasteiger partial charge in [0, 0.05) is 18.7 Å². The topological polar surface area (TPSA) is 55.2 Å². The Morgan fingerprint density at radius 1 is 1.25 bits per heavy atom. The smallest absolute Gasteiger partial charge is 0.254 e. The van der Waals surface area contributed by atoms with Crippen molar-refractivity contribution in [3.63, 3.8) is 0 Å². The molecule has 0 radical (unpaired) electrons. The van der Waals surface area contributed by atoms with E-state index in [0.717, 1.165) is 17.8 Å². The lowest BCUT2D eigenvalue weighted by atomic mass is 10.1. The Morgan fingerprint density at radius 2 is 2.00 bits per heavy atom. The van der Waals surface area contributed by atoms with Crippen molar-refractivity contribution >= 4 is 12.2 Å². The molecular formula is C15H15N3O2. The van der Waals surface area contributed by atoms with Gasteiger partial charge in [-0.15, -0.1) is 0 Å². The molecule has 0 fully saturated rings. The standard InChI is InChI=1S/C15H15N3O2/c1-11-16-13(10-19)14-9-17(7-8-18(11)14)15(20)12-5-3-2-4-6-12/h2-6,10H,7-9H2,1H3. The van der Waals surface area contributed by atoms with Crippen molar-refractivity contribution in [1.82, 2.24) is 14.5 Å². The fraction of sp³-hybridized carbons (Fsp3) is 0.267. The van der Waals surface area contributed by atoms with E-state index in [0.29, 0.717) is 30.9 Å². The highest BCUT2D eigenvalue weighted by atomic mass is 16.2. The number of benzene rings is 1. The number of hydrogen-bond acceptors (Lipinski definition) is 3. The van der Waals surface area contributed by atoms with Crippen LogP contribution in [0.25, 0.3) is 0 Å². The molecule has 1 aliphatic heterocycles. The molecule has 20 heavy (non-hydrogen) atoms. The molecule has 1 aromatic heterocycles. The lowest BCUT2D eigenvalue weighted by Crippen LogP contribution is -2.38. The summed E-state index contributed by atoms with van der Waals surface area (Å²) in [7, 11) is 0. The molecule has 2 aromatic rings. The molecule has 0 atom stereocenters. The van der Waals surface area contributed by atoms with Gasteiger partial charge in [-0.05, 0) is 19.1 Å². The summed E-state index contributed by atoms with van der Waals surface area (Å²) in [5.41, 5.74) is 1.94. The molecule has 102 valence electrons. The minimum Gasteiger partial charge on any atom is -0.331 e. The van der Waals surface area contributed by atoms with E-state index < -0.39 is 0 Å². The van der Waals surface area contributed by atoms with Crippen LogP contribution >= 0.6 is 0 Å². The van der Waals surface area contributed by atoms with Crippen molar-refractivity contribution in [2.24, 2.45) is 0 Å². The summed E-state index contributed by atoms with van der Waals surface area (Å²) >= 11 is 0. The highest BCUT2D eigenvalue weighted by Crippen LogP contribution is 2.19. The Hall–Kier alpha value is -2.43. The molecule has 3 rings (SSSR count). The quantitative estimate of drug-likeness (QED) is 0.779. The largest absolute Gasteiger partial charge is 0.331 e. The molecule has 0 saturated carbocycles. The van der Waals surface area contributed by atoms with Gasteiger partial charge in [0.1, 0.15) is 11.5 Å². The summed E-state index contributed by atoms with van der Waals surface area (Å²) in [5.74, 6) is 0.821. The maximum absolute atomic E-state index is 12.4. The highest BCUT2D eigenvalue weighted by molar-refractivity contribution is 5.94. The summed E-state index contributed by atoms with van der Waals surface area (Å²) < 4.78 is 2.01. The third kappa shape index (κ3) is 2.01. The molecule has 1 aliphatic rings.